The summed E-state index contributed by atoms with van der Waals surface area (Å²) in [4.78, 5) is 4.58. The third-order valence-electron chi connectivity index (χ3n) is 2.88. The van der Waals surface area contributed by atoms with E-state index >= 15 is 0 Å². The summed E-state index contributed by atoms with van der Waals surface area (Å²) < 4.78 is 0. The van der Waals surface area contributed by atoms with Crippen LogP contribution in [0.15, 0.2) is 42.5 Å². The molecule has 0 unspecified atom stereocenters. The number of benzene rings is 1. The lowest BCUT2D eigenvalue weighted by molar-refractivity contribution is 0.547. The van der Waals surface area contributed by atoms with Crippen molar-refractivity contribution in [2.75, 3.05) is 0 Å². The fraction of sp³-hybridized carbons (Fsp3) is 0.312. The van der Waals surface area contributed by atoms with Crippen molar-refractivity contribution in [1.29, 1.82) is 0 Å². The first kappa shape index (κ1) is 12.8. The summed E-state index contributed by atoms with van der Waals surface area (Å²) in [6, 6.07) is 12.4. The fourth-order valence-corrected chi connectivity index (χ4v) is 2.02. The minimum atomic E-state index is 0.110. The molecule has 2 N–H and O–H groups in total. The molecule has 0 fully saturated rings. The van der Waals surface area contributed by atoms with Gasteiger partial charge in [0.05, 0.1) is 11.2 Å². The highest BCUT2D eigenvalue weighted by Crippen LogP contribution is 2.13. The number of hydrogen-bond acceptors (Lipinski definition) is 2. The van der Waals surface area contributed by atoms with Crippen LogP contribution in [0.3, 0.4) is 0 Å². The van der Waals surface area contributed by atoms with Crippen LogP contribution in [0, 0.1) is 5.92 Å². The van der Waals surface area contributed by atoms with Gasteiger partial charge in [0, 0.05) is 11.4 Å². The topological polar surface area (TPSA) is 38.9 Å². The Labute approximate surface area is 109 Å². The molecule has 0 radical (unpaired) electrons. The molecule has 0 saturated heterocycles. The average Bonchev–Trinajstić information content (AvgIpc) is 2.35. The van der Waals surface area contributed by atoms with Crippen molar-refractivity contribution in [3.63, 3.8) is 0 Å². The Morgan fingerprint density at radius 3 is 2.72 bits per heavy atom. The summed E-state index contributed by atoms with van der Waals surface area (Å²) in [5, 5.41) is 1.17. The van der Waals surface area contributed by atoms with Gasteiger partial charge < -0.3 is 5.73 Å². The third kappa shape index (κ3) is 3.41. The molecule has 1 heterocycles. The summed E-state index contributed by atoms with van der Waals surface area (Å²) in [5.41, 5.74) is 8.01. The zero-order valence-electron chi connectivity index (χ0n) is 11.0. The number of rotatable bonds is 4. The number of fused-ring (bicyclic) bond motifs is 1. The fourth-order valence-electron chi connectivity index (χ4n) is 2.02. The van der Waals surface area contributed by atoms with Gasteiger partial charge in [-0.25, -0.2) is 4.98 Å². The van der Waals surface area contributed by atoms with E-state index < -0.39 is 0 Å². The van der Waals surface area contributed by atoms with Gasteiger partial charge in [-0.3, -0.25) is 0 Å². The minimum Gasteiger partial charge on any atom is -0.324 e. The number of nitrogens with zero attached hydrogens (tertiary/aromatic N) is 1. The molecule has 1 aromatic heterocycles. The molecule has 0 amide bonds. The van der Waals surface area contributed by atoms with Crippen LogP contribution in [-0.4, -0.2) is 11.0 Å². The first-order valence-corrected chi connectivity index (χ1v) is 6.45. The largest absolute Gasteiger partial charge is 0.324 e. The molecular weight excluding hydrogens is 220 g/mol. The SMILES string of the molecule is CC(C)C[C@H](N)/C=C/c1ccc2ccccc2n1. The lowest BCUT2D eigenvalue weighted by Gasteiger charge is -2.08. The van der Waals surface area contributed by atoms with Crippen LogP contribution in [0.5, 0.6) is 0 Å². The van der Waals surface area contributed by atoms with Crippen molar-refractivity contribution < 1.29 is 0 Å². The Morgan fingerprint density at radius 1 is 1.17 bits per heavy atom. The predicted octanol–water partition coefficient (Wildman–Crippen LogP) is 3.62. The standard InChI is InChI=1S/C16H20N2/c1-12(2)11-14(17)8-10-15-9-7-13-5-3-4-6-16(13)18-15/h3-10,12,14H,11,17H2,1-2H3/b10-8+/t14-/m1/s1. The van der Waals surface area contributed by atoms with Crippen molar-refractivity contribution in [2.45, 2.75) is 26.3 Å². The summed E-state index contributed by atoms with van der Waals surface area (Å²) in [7, 11) is 0. The predicted molar refractivity (Wildman–Crippen MR) is 78.2 cm³/mol. The Kier molecular flexibility index (Phi) is 4.11. The van der Waals surface area contributed by atoms with Crippen LogP contribution in [-0.2, 0) is 0 Å². The monoisotopic (exact) mass is 240 g/mol. The van der Waals surface area contributed by atoms with E-state index in [9.17, 15) is 0 Å². The number of pyridine rings is 1. The maximum atomic E-state index is 6.02. The maximum absolute atomic E-state index is 6.02. The van der Waals surface area contributed by atoms with Gasteiger partial charge in [0.2, 0.25) is 0 Å². The quantitative estimate of drug-likeness (QED) is 0.886. The van der Waals surface area contributed by atoms with E-state index in [1.54, 1.807) is 0 Å². The highest BCUT2D eigenvalue weighted by molar-refractivity contribution is 5.79. The molecule has 0 spiro atoms. The summed E-state index contributed by atoms with van der Waals surface area (Å²) in [5.74, 6) is 0.620. The summed E-state index contributed by atoms with van der Waals surface area (Å²) in [6.45, 7) is 4.37. The molecule has 2 nitrogen and oxygen atoms in total. The second kappa shape index (κ2) is 5.78. The van der Waals surface area contributed by atoms with Gasteiger partial charge >= 0.3 is 0 Å². The van der Waals surface area contributed by atoms with Gasteiger partial charge in [0.1, 0.15) is 0 Å². The Balaban J connectivity index is 2.14. The van der Waals surface area contributed by atoms with Gasteiger partial charge in [0.15, 0.2) is 0 Å². The van der Waals surface area contributed by atoms with Gasteiger partial charge in [0.25, 0.3) is 0 Å². The second-order valence-electron chi connectivity index (χ2n) is 5.08. The lowest BCUT2D eigenvalue weighted by Crippen LogP contribution is -2.18. The van der Waals surface area contributed by atoms with E-state index in [-0.39, 0.29) is 6.04 Å². The molecule has 94 valence electrons. The van der Waals surface area contributed by atoms with Gasteiger partial charge in [-0.15, -0.1) is 0 Å². The minimum absolute atomic E-state index is 0.110. The van der Waals surface area contributed by atoms with E-state index in [4.69, 9.17) is 5.73 Å². The van der Waals surface area contributed by atoms with Crippen LogP contribution >= 0.6 is 0 Å². The molecule has 2 heteroatoms. The highest BCUT2D eigenvalue weighted by Gasteiger charge is 2.01. The molecular formula is C16H20N2. The van der Waals surface area contributed by atoms with Crippen molar-refractivity contribution in [3.05, 3.63) is 48.2 Å². The molecule has 0 aliphatic heterocycles. The average molecular weight is 240 g/mol. The number of hydrogen-bond donors (Lipinski definition) is 1. The molecule has 0 bridgehead atoms. The first-order valence-electron chi connectivity index (χ1n) is 6.45. The van der Waals surface area contributed by atoms with Crippen LogP contribution in [0.2, 0.25) is 0 Å². The highest BCUT2D eigenvalue weighted by atomic mass is 14.7. The number of para-hydroxylation sites is 1. The van der Waals surface area contributed by atoms with Crippen molar-refractivity contribution in [2.24, 2.45) is 11.7 Å². The first-order chi connectivity index (χ1) is 8.65. The van der Waals surface area contributed by atoms with Crippen LogP contribution in [0.25, 0.3) is 17.0 Å². The molecule has 0 saturated carbocycles. The van der Waals surface area contributed by atoms with Crippen LogP contribution < -0.4 is 5.73 Å². The van der Waals surface area contributed by atoms with E-state index in [0.29, 0.717) is 5.92 Å². The molecule has 0 aliphatic rings. The Hall–Kier alpha value is -1.67. The van der Waals surface area contributed by atoms with Gasteiger partial charge in [-0.05, 0) is 30.5 Å². The Bertz CT molecular complexity index is 544. The van der Waals surface area contributed by atoms with Crippen molar-refractivity contribution >= 4 is 17.0 Å². The smallest absolute Gasteiger partial charge is 0.0709 e. The summed E-state index contributed by atoms with van der Waals surface area (Å²) in [6.07, 6.45) is 5.06. The van der Waals surface area contributed by atoms with Crippen molar-refractivity contribution in [3.8, 4) is 0 Å². The van der Waals surface area contributed by atoms with Crippen LogP contribution in [0.1, 0.15) is 26.0 Å². The molecule has 18 heavy (non-hydrogen) atoms. The second-order valence-corrected chi connectivity index (χ2v) is 5.08. The molecule has 2 aromatic rings. The lowest BCUT2D eigenvalue weighted by atomic mass is 10.0. The van der Waals surface area contributed by atoms with E-state index in [2.05, 4.69) is 31.0 Å². The van der Waals surface area contributed by atoms with Gasteiger partial charge in [-0.1, -0.05) is 44.2 Å². The number of nitrogens with two attached hydrogens (primary N) is 1. The van der Waals surface area contributed by atoms with E-state index in [1.165, 1.54) is 5.39 Å². The summed E-state index contributed by atoms with van der Waals surface area (Å²) >= 11 is 0. The normalized spacial score (nSPS) is 13.6. The zero-order chi connectivity index (χ0) is 13.0. The van der Waals surface area contributed by atoms with E-state index in [0.717, 1.165) is 17.6 Å². The molecule has 0 aliphatic carbocycles. The zero-order valence-corrected chi connectivity index (χ0v) is 11.0. The number of aromatic nitrogens is 1. The van der Waals surface area contributed by atoms with Crippen LogP contribution in [0.4, 0.5) is 0 Å². The van der Waals surface area contributed by atoms with E-state index in [1.807, 2.05) is 36.4 Å². The molecule has 2 rings (SSSR count). The third-order valence-corrected chi connectivity index (χ3v) is 2.88. The molecule has 1 atom stereocenters. The van der Waals surface area contributed by atoms with Crippen molar-refractivity contribution in [1.82, 2.24) is 4.98 Å². The Morgan fingerprint density at radius 2 is 1.94 bits per heavy atom. The maximum Gasteiger partial charge on any atom is 0.0709 e. The molecule has 1 aromatic carbocycles. The van der Waals surface area contributed by atoms with Gasteiger partial charge in [-0.2, -0.15) is 0 Å².